The molecule has 3 heteroatoms. The van der Waals surface area contributed by atoms with Gasteiger partial charge < -0.3 is 11.1 Å². The first-order valence-corrected chi connectivity index (χ1v) is 4.80. The smallest absolute Gasteiger partial charge is 0.237 e. The maximum atomic E-state index is 11.3. The van der Waals surface area contributed by atoms with E-state index < -0.39 is 0 Å². The third-order valence-electron chi connectivity index (χ3n) is 2.13. The molecular formula is C9H18N2O. The lowest BCUT2D eigenvalue weighted by Gasteiger charge is -2.10. The molecule has 0 spiro atoms. The minimum absolute atomic E-state index is 0.0333. The molecule has 12 heavy (non-hydrogen) atoms. The molecule has 0 aromatic carbocycles. The molecule has 1 saturated carbocycles. The first kappa shape index (κ1) is 9.52. The summed E-state index contributed by atoms with van der Waals surface area (Å²) in [5.41, 5.74) is 5.67. The van der Waals surface area contributed by atoms with E-state index in [1.54, 1.807) is 0 Å². The van der Waals surface area contributed by atoms with E-state index in [-0.39, 0.29) is 11.9 Å². The molecule has 1 aliphatic carbocycles. The van der Waals surface area contributed by atoms with Gasteiger partial charge in [0.05, 0.1) is 6.04 Å². The Balaban J connectivity index is 2.11. The molecule has 3 nitrogen and oxygen atoms in total. The number of hydrogen-bond donors (Lipinski definition) is 2. The van der Waals surface area contributed by atoms with Gasteiger partial charge in [-0.15, -0.1) is 0 Å². The van der Waals surface area contributed by atoms with Crippen LogP contribution in [0.5, 0.6) is 0 Å². The van der Waals surface area contributed by atoms with Crippen molar-refractivity contribution in [2.75, 3.05) is 0 Å². The average Bonchev–Trinajstić information content (AvgIpc) is 2.83. The van der Waals surface area contributed by atoms with Crippen LogP contribution >= 0.6 is 0 Å². The predicted octanol–water partition coefficient (Wildman–Crippen LogP) is 0.782. The lowest BCUT2D eigenvalue weighted by atomic mass is 10.1. The van der Waals surface area contributed by atoms with Crippen LogP contribution in [-0.2, 0) is 4.79 Å². The van der Waals surface area contributed by atoms with Crippen molar-refractivity contribution in [3.8, 4) is 0 Å². The monoisotopic (exact) mass is 170 g/mol. The molecule has 0 aliphatic heterocycles. The first-order valence-electron chi connectivity index (χ1n) is 4.80. The van der Waals surface area contributed by atoms with Crippen LogP contribution < -0.4 is 11.1 Å². The van der Waals surface area contributed by atoms with Crippen molar-refractivity contribution in [3.05, 3.63) is 0 Å². The van der Waals surface area contributed by atoms with E-state index in [1.165, 1.54) is 0 Å². The van der Waals surface area contributed by atoms with Gasteiger partial charge in [0.25, 0.3) is 0 Å². The number of unbranched alkanes of at least 4 members (excludes halogenated alkanes) is 1. The summed E-state index contributed by atoms with van der Waals surface area (Å²) in [4.78, 5) is 11.3. The number of nitrogens with one attached hydrogen (secondary N) is 1. The quantitative estimate of drug-likeness (QED) is 0.640. The van der Waals surface area contributed by atoms with E-state index in [0.29, 0.717) is 6.04 Å². The Bertz CT molecular complexity index is 155. The number of hydrogen-bond acceptors (Lipinski definition) is 2. The second kappa shape index (κ2) is 4.45. The van der Waals surface area contributed by atoms with Crippen LogP contribution in [0.4, 0.5) is 0 Å². The molecule has 0 heterocycles. The zero-order valence-electron chi connectivity index (χ0n) is 7.68. The molecule has 1 fully saturated rings. The fraction of sp³-hybridized carbons (Fsp3) is 0.889. The molecule has 1 atom stereocenters. The summed E-state index contributed by atoms with van der Waals surface area (Å²) in [5, 5.41) is 2.90. The lowest BCUT2D eigenvalue weighted by molar-refractivity contribution is -0.122. The summed E-state index contributed by atoms with van der Waals surface area (Å²) in [7, 11) is 0. The zero-order chi connectivity index (χ0) is 8.97. The van der Waals surface area contributed by atoms with Gasteiger partial charge in [-0.1, -0.05) is 19.8 Å². The molecule has 0 aromatic heterocycles. The van der Waals surface area contributed by atoms with Crippen molar-refractivity contribution in [2.24, 2.45) is 5.73 Å². The molecule has 0 aromatic rings. The Morgan fingerprint density at radius 3 is 2.83 bits per heavy atom. The van der Waals surface area contributed by atoms with Gasteiger partial charge in [0.15, 0.2) is 0 Å². The molecule has 1 rings (SSSR count). The maximum absolute atomic E-state index is 11.3. The maximum Gasteiger partial charge on any atom is 0.237 e. The molecule has 3 N–H and O–H groups in total. The van der Waals surface area contributed by atoms with Gasteiger partial charge in [0, 0.05) is 6.04 Å². The second-order valence-electron chi connectivity index (χ2n) is 3.53. The number of rotatable bonds is 5. The van der Waals surface area contributed by atoms with Gasteiger partial charge in [-0.2, -0.15) is 0 Å². The van der Waals surface area contributed by atoms with E-state index in [9.17, 15) is 4.79 Å². The summed E-state index contributed by atoms with van der Waals surface area (Å²) in [5.74, 6) is 0.0333. The van der Waals surface area contributed by atoms with Crippen molar-refractivity contribution in [1.29, 1.82) is 0 Å². The third-order valence-corrected chi connectivity index (χ3v) is 2.13. The Morgan fingerprint density at radius 1 is 1.67 bits per heavy atom. The second-order valence-corrected chi connectivity index (χ2v) is 3.53. The van der Waals surface area contributed by atoms with Gasteiger partial charge in [0.2, 0.25) is 5.91 Å². The van der Waals surface area contributed by atoms with Crippen molar-refractivity contribution in [3.63, 3.8) is 0 Å². The highest BCUT2D eigenvalue weighted by Gasteiger charge is 2.25. The van der Waals surface area contributed by atoms with Gasteiger partial charge >= 0.3 is 0 Å². The van der Waals surface area contributed by atoms with Crippen molar-refractivity contribution in [2.45, 2.75) is 51.1 Å². The summed E-state index contributed by atoms with van der Waals surface area (Å²) in [6.07, 6.45) is 5.22. The molecule has 1 amide bonds. The van der Waals surface area contributed by atoms with Crippen molar-refractivity contribution in [1.82, 2.24) is 5.32 Å². The Morgan fingerprint density at radius 2 is 2.33 bits per heavy atom. The van der Waals surface area contributed by atoms with Gasteiger partial charge in [-0.05, 0) is 19.3 Å². The molecule has 70 valence electrons. The number of carbonyl (C=O) groups excluding carboxylic acids is 1. The van der Waals surface area contributed by atoms with Crippen molar-refractivity contribution >= 4 is 5.91 Å². The van der Waals surface area contributed by atoms with Crippen LogP contribution in [0.1, 0.15) is 39.0 Å². The van der Waals surface area contributed by atoms with E-state index in [0.717, 1.165) is 32.1 Å². The highest BCUT2D eigenvalue weighted by Crippen LogP contribution is 2.18. The largest absolute Gasteiger partial charge is 0.352 e. The third kappa shape index (κ3) is 3.22. The Labute approximate surface area is 73.7 Å². The van der Waals surface area contributed by atoms with Crippen LogP contribution in [0, 0.1) is 0 Å². The van der Waals surface area contributed by atoms with E-state index >= 15 is 0 Å². The highest BCUT2D eigenvalue weighted by atomic mass is 16.2. The summed E-state index contributed by atoms with van der Waals surface area (Å²) >= 11 is 0. The van der Waals surface area contributed by atoms with Gasteiger partial charge in [0.1, 0.15) is 0 Å². The highest BCUT2D eigenvalue weighted by molar-refractivity contribution is 5.81. The average molecular weight is 170 g/mol. The lowest BCUT2D eigenvalue weighted by Crippen LogP contribution is -2.41. The normalized spacial score (nSPS) is 18.8. The molecule has 0 radical (unpaired) electrons. The van der Waals surface area contributed by atoms with Gasteiger partial charge in [-0.25, -0.2) is 0 Å². The number of nitrogens with two attached hydrogens (primary N) is 1. The number of amides is 1. The topological polar surface area (TPSA) is 55.1 Å². The summed E-state index contributed by atoms with van der Waals surface area (Å²) in [6, 6.07) is 0.149. The summed E-state index contributed by atoms with van der Waals surface area (Å²) < 4.78 is 0. The Kier molecular flexibility index (Phi) is 3.53. The molecule has 0 saturated heterocycles. The summed E-state index contributed by atoms with van der Waals surface area (Å²) in [6.45, 7) is 2.10. The molecule has 1 unspecified atom stereocenters. The van der Waals surface area contributed by atoms with Crippen LogP contribution in [0.3, 0.4) is 0 Å². The van der Waals surface area contributed by atoms with Crippen LogP contribution in [-0.4, -0.2) is 18.0 Å². The fourth-order valence-corrected chi connectivity index (χ4v) is 1.09. The molecule has 1 aliphatic rings. The minimum Gasteiger partial charge on any atom is -0.352 e. The predicted molar refractivity (Wildman–Crippen MR) is 48.7 cm³/mol. The van der Waals surface area contributed by atoms with Crippen molar-refractivity contribution < 1.29 is 4.79 Å². The van der Waals surface area contributed by atoms with E-state index in [2.05, 4.69) is 12.2 Å². The van der Waals surface area contributed by atoms with E-state index in [1.807, 2.05) is 0 Å². The first-order chi connectivity index (χ1) is 5.74. The minimum atomic E-state index is -0.287. The van der Waals surface area contributed by atoms with Gasteiger partial charge in [-0.3, -0.25) is 4.79 Å². The standard InChI is InChI=1S/C9H18N2O/c1-2-3-4-8(10)9(12)11-7-5-6-7/h7-8H,2-6,10H2,1H3,(H,11,12). The molecule has 0 bridgehead atoms. The zero-order valence-corrected chi connectivity index (χ0v) is 7.68. The van der Waals surface area contributed by atoms with E-state index in [4.69, 9.17) is 5.73 Å². The SMILES string of the molecule is CCCCC(N)C(=O)NC1CC1. The van der Waals surface area contributed by atoms with Crippen LogP contribution in [0.15, 0.2) is 0 Å². The molecular weight excluding hydrogens is 152 g/mol. The Hall–Kier alpha value is -0.570. The van der Waals surface area contributed by atoms with Crippen LogP contribution in [0.2, 0.25) is 0 Å². The fourth-order valence-electron chi connectivity index (χ4n) is 1.09. The number of carbonyl (C=O) groups is 1. The van der Waals surface area contributed by atoms with Crippen LogP contribution in [0.25, 0.3) is 0 Å².